The number of rotatable bonds is 8. The van der Waals surface area contributed by atoms with Crippen LogP contribution in [0.3, 0.4) is 0 Å². The van der Waals surface area contributed by atoms with Crippen LogP contribution in [-0.4, -0.2) is 56.8 Å². The first-order valence-corrected chi connectivity index (χ1v) is 14.6. The summed E-state index contributed by atoms with van der Waals surface area (Å²) in [5.41, 5.74) is 3.38. The second kappa shape index (κ2) is 13.4. The molecule has 0 atom stereocenters. The van der Waals surface area contributed by atoms with Crippen molar-refractivity contribution in [3.63, 3.8) is 0 Å². The van der Waals surface area contributed by atoms with Gasteiger partial charge in [-0.05, 0) is 73.5 Å². The second-order valence-electron chi connectivity index (χ2n) is 10.2. The first-order valence-electron chi connectivity index (χ1n) is 13.6. The van der Waals surface area contributed by atoms with Gasteiger partial charge < -0.3 is 14.8 Å². The lowest BCUT2D eigenvalue weighted by molar-refractivity contribution is -0.274. The Morgan fingerprint density at radius 1 is 1.02 bits per heavy atom. The van der Waals surface area contributed by atoms with Crippen LogP contribution in [0.15, 0.2) is 72.0 Å². The third kappa shape index (κ3) is 8.68. The highest BCUT2D eigenvalue weighted by atomic mass is 32.2. The fourth-order valence-corrected chi connectivity index (χ4v) is 5.31. The zero-order valence-electron chi connectivity index (χ0n) is 24.5. The minimum Gasteiger partial charge on any atom is -0.406 e. The SMILES string of the molecule is Cc1ccc(COCC(F)(F)F)c(N2C(=O)CS/C2=N\C(=O)Nc2ccc(-n3cnc(-c4ccc(OC(F)(F)F)cc4)n3)cc2C)c1. The van der Waals surface area contributed by atoms with Crippen LogP contribution < -0.4 is 15.0 Å². The van der Waals surface area contributed by atoms with E-state index in [1.54, 1.807) is 50.2 Å². The summed E-state index contributed by atoms with van der Waals surface area (Å²) in [5, 5.41) is 7.09. The van der Waals surface area contributed by atoms with Gasteiger partial charge in [0.25, 0.3) is 0 Å². The van der Waals surface area contributed by atoms with E-state index in [4.69, 9.17) is 4.74 Å². The van der Waals surface area contributed by atoms with Crippen LogP contribution in [0, 0.1) is 13.8 Å². The summed E-state index contributed by atoms with van der Waals surface area (Å²) in [6.07, 6.45) is -7.90. The van der Waals surface area contributed by atoms with Crippen molar-refractivity contribution in [2.45, 2.75) is 33.0 Å². The molecule has 10 nitrogen and oxygen atoms in total. The average Bonchev–Trinajstić information content (AvgIpc) is 3.61. The number of aliphatic imine (C=N–C) groups is 1. The highest BCUT2D eigenvalue weighted by Crippen LogP contribution is 2.32. The van der Waals surface area contributed by atoms with Crippen LogP contribution in [0.2, 0.25) is 0 Å². The number of thioether (sulfide) groups is 1. The van der Waals surface area contributed by atoms with Gasteiger partial charge in [0.15, 0.2) is 11.0 Å². The van der Waals surface area contributed by atoms with Crippen LogP contribution in [0.5, 0.6) is 5.75 Å². The topological polar surface area (TPSA) is 111 Å². The fraction of sp³-hybridized carbons (Fsp3) is 0.233. The molecule has 1 saturated heterocycles. The number of nitrogens with one attached hydrogen (secondary N) is 1. The maximum absolute atomic E-state index is 13.0. The number of urea groups is 1. The molecular formula is C30H24F6N6O4S. The predicted molar refractivity (Wildman–Crippen MR) is 162 cm³/mol. The van der Waals surface area contributed by atoms with Gasteiger partial charge in [-0.3, -0.25) is 9.69 Å². The smallest absolute Gasteiger partial charge is 0.406 e. The monoisotopic (exact) mass is 678 g/mol. The third-order valence-electron chi connectivity index (χ3n) is 6.52. The van der Waals surface area contributed by atoms with Crippen LogP contribution >= 0.6 is 11.8 Å². The van der Waals surface area contributed by atoms with Gasteiger partial charge in [0.1, 0.15) is 18.7 Å². The number of carbonyl (C=O) groups excluding carboxylic acids is 2. The molecular weight excluding hydrogens is 654 g/mol. The second-order valence-corrected chi connectivity index (χ2v) is 11.1. The molecule has 5 rings (SSSR count). The molecule has 4 aromatic rings. The van der Waals surface area contributed by atoms with E-state index in [-0.39, 0.29) is 28.2 Å². The van der Waals surface area contributed by atoms with E-state index in [2.05, 4.69) is 25.1 Å². The van der Waals surface area contributed by atoms with E-state index in [1.807, 2.05) is 0 Å². The van der Waals surface area contributed by atoms with Gasteiger partial charge in [-0.25, -0.2) is 14.5 Å². The molecule has 1 aromatic heterocycles. The lowest BCUT2D eigenvalue weighted by Crippen LogP contribution is -2.31. The number of carbonyl (C=O) groups is 2. The molecule has 47 heavy (non-hydrogen) atoms. The van der Waals surface area contributed by atoms with Gasteiger partial charge in [-0.2, -0.15) is 18.2 Å². The van der Waals surface area contributed by atoms with Gasteiger partial charge in [0.05, 0.1) is 23.7 Å². The normalized spacial score (nSPS) is 14.6. The van der Waals surface area contributed by atoms with E-state index in [0.29, 0.717) is 28.1 Å². The molecule has 0 bridgehead atoms. The van der Waals surface area contributed by atoms with Crippen molar-refractivity contribution < 1.29 is 45.4 Å². The lowest BCUT2D eigenvalue weighted by atomic mass is 10.1. The maximum Gasteiger partial charge on any atom is 0.573 e. The molecule has 0 radical (unpaired) electrons. The Bertz CT molecular complexity index is 1820. The number of aryl methyl sites for hydroxylation is 2. The Labute approximate surface area is 267 Å². The summed E-state index contributed by atoms with van der Waals surface area (Å²) in [6, 6.07) is 14.1. The Morgan fingerprint density at radius 3 is 2.45 bits per heavy atom. The minimum atomic E-state index is -4.81. The summed E-state index contributed by atoms with van der Waals surface area (Å²) >= 11 is 1.01. The zero-order chi connectivity index (χ0) is 33.9. The number of nitrogens with zero attached hydrogens (tertiary/aromatic N) is 5. The summed E-state index contributed by atoms with van der Waals surface area (Å²) in [6.45, 7) is 1.61. The Hall–Kier alpha value is -4.90. The minimum absolute atomic E-state index is 0.0258. The number of amidine groups is 1. The van der Waals surface area contributed by atoms with Crippen molar-refractivity contribution in [1.82, 2.24) is 14.8 Å². The van der Waals surface area contributed by atoms with E-state index < -0.39 is 37.7 Å². The number of hydrogen-bond donors (Lipinski definition) is 1. The van der Waals surface area contributed by atoms with Crippen molar-refractivity contribution in [3.05, 3.63) is 83.7 Å². The molecule has 0 saturated carbocycles. The number of anilines is 2. The van der Waals surface area contributed by atoms with Crippen LogP contribution in [0.25, 0.3) is 17.1 Å². The number of benzene rings is 3. The molecule has 246 valence electrons. The van der Waals surface area contributed by atoms with E-state index in [9.17, 15) is 35.9 Å². The number of aromatic nitrogens is 3. The molecule has 1 N–H and O–H groups in total. The van der Waals surface area contributed by atoms with Gasteiger partial charge in [0.2, 0.25) is 5.91 Å². The molecule has 0 unspecified atom stereocenters. The fourth-order valence-electron chi connectivity index (χ4n) is 4.45. The molecule has 1 fully saturated rings. The summed E-state index contributed by atoms with van der Waals surface area (Å²) in [5.74, 6) is -0.546. The molecule has 2 heterocycles. The largest absolute Gasteiger partial charge is 0.573 e. The van der Waals surface area contributed by atoms with Crippen molar-refractivity contribution in [2.24, 2.45) is 4.99 Å². The Morgan fingerprint density at radius 2 is 1.77 bits per heavy atom. The number of alkyl halides is 6. The number of halogens is 6. The molecule has 17 heteroatoms. The first kappa shape index (κ1) is 33.5. The first-order chi connectivity index (χ1) is 22.1. The Kier molecular flexibility index (Phi) is 9.58. The van der Waals surface area contributed by atoms with Crippen LogP contribution in [0.1, 0.15) is 16.7 Å². The number of hydrogen-bond acceptors (Lipinski definition) is 7. The average molecular weight is 679 g/mol. The lowest BCUT2D eigenvalue weighted by Gasteiger charge is -2.21. The number of ether oxygens (including phenoxy) is 2. The zero-order valence-corrected chi connectivity index (χ0v) is 25.3. The Balaban J connectivity index is 1.29. The summed E-state index contributed by atoms with van der Waals surface area (Å²) in [4.78, 5) is 35.2. The molecule has 0 aliphatic carbocycles. The predicted octanol–water partition coefficient (Wildman–Crippen LogP) is 7.20. The third-order valence-corrected chi connectivity index (χ3v) is 7.45. The van der Waals surface area contributed by atoms with Gasteiger partial charge in [-0.1, -0.05) is 23.9 Å². The number of amides is 3. The van der Waals surface area contributed by atoms with Crippen molar-refractivity contribution >= 4 is 40.2 Å². The van der Waals surface area contributed by atoms with Crippen LogP contribution in [-0.2, 0) is 16.1 Å². The van der Waals surface area contributed by atoms with Crippen LogP contribution in [0.4, 0.5) is 42.5 Å². The molecule has 3 aromatic carbocycles. The van der Waals surface area contributed by atoms with E-state index >= 15 is 0 Å². The quantitative estimate of drug-likeness (QED) is 0.196. The molecule has 0 spiro atoms. The van der Waals surface area contributed by atoms with Gasteiger partial charge in [-0.15, -0.1) is 18.3 Å². The van der Waals surface area contributed by atoms with Crippen molar-refractivity contribution in [2.75, 3.05) is 22.6 Å². The summed E-state index contributed by atoms with van der Waals surface area (Å²) in [7, 11) is 0. The van der Waals surface area contributed by atoms with Gasteiger partial charge >= 0.3 is 18.6 Å². The summed E-state index contributed by atoms with van der Waals surface area (Å²) < 4.78 is 85.3. The highest BCUT2D eigenvalue weighted by molar-refractivity contribution is 8.15. The van der Waals surface area contributed by atoms with Crippen molar-refractivity contribution in [3.8, 4) is 22.8 Å². The molecule has 1 aliphatic heterocycles. The molecule has 3 amide bonds. The maximum atomic E-state index is 13.0. The standard InChI is InChI=1S/C30H24F6N6O4S/c1-17-3-4-20(13-45-15-29(31,32)33)24(11-17)42-25(43)14-47-28(42)39-27(44)38-23-10-7-21(12-18(23)2)41-16-37-26(40-41)19-5-8-22(9-6-19)46-30(34,35)36/h3-12,16H,13-15H2,1-2H3,(H,38,44)/b39-28-. The van der Waals surface area contributed by atoms with E-state index in [1.165, 1.54) is 28.0 Å². The van der Waals surface area contributed by atoms with Crippen molar-refractivity contribution in [1.29, 1.82) is 0 Å². The highest BCUT2D eigenvalue weighted by Gasteiger charge is 2.33. The van der Waals surface area contributed by atoms with Gasteiger partial charge in [0, 0.05) is 16.8 Å². The van der Waals surface area contributed by atoms with E-state index in [0.717, 1.165) is 29.5 Å². The molecule has 1 aliphatic rings.